The highest BCUT2D eigenvalue weighted by atomic mass is 16.5. The van der Waals surface area contributed by atoms with Gasteiger partial charge in [-0.1, -0.05) is 84.9 Å². The molecule has 0 aromatic heterocycles. The molecule has 5 rings (SSSR count). The zero-order valence-electron chi connectivity index (χ0n) is 22.1. The summed E-state index contributed by atoms with van der Waals surface area (Å²) in [6, 6.07) is 35.9. The van der Waals surface area contributed by atoms with Gasteiger partial charge in [0, 0.05) is 26.2 Å². The third-order valence-corrected chi connectivity index (χ3v) is 6.99. The van der Waals surface area contributed by atoms with Gasteiger partial charge in [-0.25, -0.2) is 0 Å². The summed E-state index contributed by atoms with van der Waals surface area (Å²) in [7, 11) is 0. The van der Waals surface area contributed by atoms with Crippen molar-refractivity contribution in [2.45, 2.75) is 13.0 Å². The van der Waals surface area contributed by atoms with Crippen LogP contribution in [-0.2, 0) is 4.79 Å². The Balaban J connectivity index is 1.24. The molecule has 0 aliphatic carbocycles. The molecule has 1 N–H and O–H groups in total. The van der Waals surface area contributed by atoms with Gasteiger partial charge in [-0.15, -0.1) is 0 Å². The second-order valence-electron chi connectivity index (χ2n) is 9.75. The van der Waals surface area contributed by atoms with Crippen LogP contribution in [0.15, 0.2) is 109 Å². The van der Waals surface area contributed by atoms with E-state index in [0.29, 0.717) is 30.1 Å². The van der Waals surface area contributed by atoms with E-state index in [1.807, 2.05) is 60.4 Å². The van der Waals surface area contributed by atoms with Crippen molar-refractivity contribution < 1.29 is 14.3 Å². The van der Waals surface area contributed by atoms with E-state index in [0.717, 1.165) is 18.7 Å². The Kier molecular flexibility index (Phi) is 8.34. The standard InChI is InChI=1S/C33H33N3O3/c1-25-11-10-16-28(23-25)39-24-31(37)34-30-18-9-8-17-29(30)33(38)36-21-19-35(20-22-36)32(26-12-4-2-5-13-26)27-14-6-3-7-15-27/h2-18,23,32H,19-22,24H2,1H3,(H,34,37). The molecule has 0 bridgehead atoms. The maximum Gasteiger partial charge on any atom is 0.262 e. The molecule has 4 aromatic rings. The highest BCUT2D eigenvalue weighted by Crippen LogP contribution is 2.30. The number of carbonyl (C=O) groups excluding carboxylic acids is 2. The van der Waals surface area contributed by atoms with Crippen molar-refractivity contribution in [3.8, 4) is 5.75 Å². The Labute approximate surface area is 229 Å². The number of para-hydroxylation sites is 1. The van der Waals surface area contributed by atoms with Crippen molar-refractivity contribution in [3.63, 3.8) is 0 Å². The maximum atomic E-state index is 13.6. The lowest BCUT2D eigenvalue weighted by Gasteiger charge is -2.40. The number of nitrogens with zero attached hydrogens (tertiary/aromatic N) is 2. The molecule has 0 spiro atoms. The summed E-state index contributed by atoms with van der Waals surface area (Å²) in [5.74, 6) is 0.243. The van der Waals surface area contributed by atoms with Crippen molar-refractivity contribution in [1.82, 2.24) is 9.80 Å². The first kappa shape index (κ1) is 26.2. The SMILES string of the molecule is Cc1cccc(OCC(=O)Nc2ccccc2C(=O)N2CCN(C(c3ccccc3)c3ccccc3)CC2)c1. The molecule has 39 heavy (non-hydrogen) atoms. The summed E-state index contributed by atoms with van der Waals surface area (Å²) < 4.78 is 5.63. The minimum Gasteiger partial charge on any atom is -0.484 e. The van der Waals surface area contributed by atoms with Crippen LogP contribution in [0, 0.1) is 6.92 Å². The van der Waals surface area contributed by atoms with Crippen LogP contribution in [-0.4, -0.2) is 54.4 Å². The smallest absolute Gasteiger partial charge is 0.262 e. The fourth-order valence-corrected chi connectivity index (χ4v) is 5.06. The lowest BCUT2D eigenvalue weighted by Crippen LogP contribution is -2.50. The topological polar surface area (TPSA) is 61.9 Å². The molecule has 1 aliphatic rings. The van der Waals surface area contributed by atoms with E-state index in [9.17, 15) is 9.59 Å². The van der Waals surface area contributed by atoms with E-state index in [-0.39, 0.29) is 24.5 Å². The monoisotopic (exact) mass is 519 g/mol. The van der Waals surface area contributed by atoms with Gasteiger partial charge < -0.3 is 15.0 Å². The molecule has 1 aliphatic heterocycles. The minimum atomic E-state index is -0.310. The van der Waals surface area contributed by atoms with Gasteiger partial charge in [-0.05, 0) is 47.9 Å². The lowest BCUT2D eigenvalue weighted by atomic mass is 9.96. The van der Waals surface area contributed by atoms with Crippen LogP contribution >= 0.6 is 0 Å². The number of benzene rings is 4. The zero-order chi connectivity index (χ0) is 27.0. The molecular weight excluding hydrogens is 486 g/mol. The van der Waals surface area contributed by atoms with Crippen LogP contribution in [0.3, 0.4) is 0 Å². The molecule has 198 valence electrons. The first-order valence-corrected chi connectivity index (χ1v) is 13.3. The molecule has 0 unspecified atom stereocenters. The van der Waals surface area contributed by atoms with Gasteiger partial charge in [0.25, 0.3) is 11.8 Å². The van der Waals surface area contributed by atoms with Crippen molar-refractivity contribution in [3.05, 3.63) is 131 Å². The Morgan fingerprint density at radius 2 is 1.38 bits per heavy atom. The van der Waals surface area contributed by atoms with Crippen molar-refractivity contribution >= 4 is 17.5 Å². The Morgan fingerprint density at radius 1 is 0.769 bits per heavy atom. The fraction of sp³-hybridized carbons (Fsp3) is 0.212. The van der Waals surface area contributed by atoms with Gasteiger partial charge in [0.2, 0.25) is 0 Å². The zero-order valence-corrected chi connectivity index (χ0v) is 22.1. The van der Waals surface area contributed by atoms with Crippen LogP contribution < -0.4 is 10.1 Å². The van der Waals surface area contributed by atoms with Crippen molar-refractivity contribution in [2.24, 2.45) is 0 Å². The quantitative estimate of drug-likeness (QED) is 0.331. The molecule has 1 fully saturated rings. The Morgan fingerprint density at radius 3 is 2.03 bits per heavy atom. The molecule has 6 nitrogen and oxygen atoms in total. The van der Waals surface area contributed by atoms with Crippen molar-refractivity contribution in [2.75, 3.05) is 38.1 Å². The van der Waals surface area contributed by atoms with Crippen LogP contribution in [0.4, 0.5) is 5.69 Å². The normalized spacial score (nSPS) is 13.7. The predicted molar refractivity (Wildman–Crippen MR) is 154 cm³/mol. The second kappa shape index (κ2) is 12.4. The predicted octanol–water partition coefficient (Wildman–Crippen LogP) is 5.56. The summed E-state index contributed by atoms with van der Waals surface area (Å²) in [5.41, 5.74) is 4.52. The molecule has 0 saturated carbocycles. The van der Waals surface area contributed by atoms with Gasteiger partial charge >= 0.3 is 0 Å². The number of amides is 2. The highest BCUT2D eigenvalue weighted by molar-refractivity contribution is 6.04. The summed E-state index contributed by atoms with van der Waals surface area (Å²) >= 11 is 0. The van der Waals surface area contributed by atoms with Crippen molar-refractivity contribution in [1.29, 1.82) is 0 Å². The van der Waals surface area contributed by atoms with Crippen LogP contribution in [0.1, 0.15) is 33.1 Å². The van der Waals surface area contributed by atoms with Gasteiger partial charge in [0.1, 0.15) is 5.75 Å². The molecule has 2 amide bonds. The number of hydrogen-bond donors (Lipinski definition) is 1. The molecule has 4 aromatic carbocycles. The number of nitrogens with one attached hydrogen (secondary N) is 1. The first-order chi connectivity index (χ1) is 19.1. The number of ether oxygens (including phenoxy) is 1. The van der Waals surface area contributed by atoms with E-state index in [4.69, 9.17) is 4.74 Å². The summed E-state index contributed by atoms with van der Waals surface area (Å²) in [4.78, 5) is 30.5. The summed E-state index contributed by atoms with van der Waals surface area (Å²) in [5, 5.41) is 2.86. The Bertz CT molecular complexity index is 1360. The van der Waals surface area contributed by atoms with E-state index in [2.05, 4.69) is 58.7 Å². The molecule has 1 saturated heterocycles. The van der Waals surface area contributed by atoms with E-state index >= 15 is 0 Å². The third kappa shape index (κ3) is 6.54. The number of hydrogen-bond acceptors (Lipinski definition) is 4. The van der Waals surface area contributed by atoms with Crippen LogP contribution in [0.2, 0.25) is 0 Å². The maximum absolute atomic E-state index is 13.6. The lowest BCUT2D eigenvalue weighted by molar-refractivity contribution is -0.118. The average Bonchev–Trinajstić information content (AvgIpc) is 2.98. The molecule has 1 heterocycles. The highest BCUT2D eigenvalue weighted by Gasteiger charge is 2.29. The van der Waals surface area contributed by atoms with Gasteiger partial charge in [0.15, 0.2) is 6.61 Å². The van der Waals surface area contributed by atoms with E-state index < -0.39 is 0 Å². The average molecular weight is 520 g/mol. The van der Waals surface area contributed by atoms with Crippen LogP contribution in [0.5, 0.6) is 5.75 Å². The second-order valence-corrected chi connectivity index (χ2v) is 9.75. The number of piperazine rings is 1. The molecule has 6 heteroatoms. The van der Waals surface area contributed by atoms with E-state index in [1.54, 1.807) is 12.1 Å². The summed E-state index contributed by atoms with van der Waals surface area (Å²) in [6.45, 7) is 4.54. The number of rotatable bonds is 8. The number of aryl methyl sites for hydroxylation is 1. The third-order valence-electron chi connectivity index (χ3n) is 6.99. The molecule has 0 radical (unpaired) electrons. The number of carbonyl (C=O) groups is 2. The van der Waals surface area contributed by atoms with E-state index in [1.165, 1.54) is 11.1 Å². The van der Waals surface area contributed by atoms with Gasteiger partial charge in [0.05, 0.1) is 17.3 Å². The molecule has 0 atom stereocenters. The Hall–Kier alpha value is -4.42. The minimum absolute atomic E-state index is 0.0823. The van der Waals surface area contributed by atoms with Crippen LogP contribution in [0.25, 0.3) is 0 Å². The first-order valence-electron chi connectivity index (χ1n) is 13.3. The largest absolute Gasteiger partial charge is 0.484 e. The number of anilines is 1. The van der Waals surface area contributed by atoms with Gasteiger partial charge in [-0.2, -0.15) is 0 Å². The van der Waals surface area contributed by atoms with Gasteiger partial charge in [-0.3, -0.25) is 14.5 Å². The molecular formula is C33H33N3O3. The fourth-order valence-electron chi connectivity index (χ4n) is 5.06. The summed E-state index contributed by atoms with van der Waals surface area (Å²) in [6.07, 6.45) is 0.